The number of aromatic amines is 1. The summed E-state index contributed by atoms with van der Waals surface area (Å²) < 4.78 is 12.7. The van der Waals surface area contributed by atoms with E-state index in [1.807, 2.05) is 43.3 Å². The van der Waals surface area contributed by atoms with Crippen LogP contribution in [0.25, 0.3) is 12.2 Å². The Morgan fingerprint density at radius 2 is 2.09 bits per heavy atom. The summed E-state index contributed by atoms with van der Waals surface area (Å²) in [6.07, 6.45) is 6.62. The summed E-state index contributed by atoms with van der Waals surface area (Å²) in [5.74, 6) is 0.374. The summed E-state index contributed by atoms with van der Waals surface area (Å²) in [6.45, 7) is 8.98. The van der Waals surface area contributed by atoms with E-state index in [0.29, 0.717) is 18.8 Å². The number of hydrogen-bond acceptors (Lipinski definition) is 2. The Labute approximate surface area is 130 Å². The Kier molecular flexibility index (Phi) is 5.31. The van der Waals surface area contributed by atoms with Gasteiger partial charge in [0.05, 0.1) is 17.2 Å². The van der Waals surface area contributed by atoms with Crippen molar-refractivity contribution in [3.8, 4) is 0 Å². The zero-order valence-corrected chi connectivity index (χ0v) is 12.7. The van der Waals surface area contributed by atoms with Gasteiger partial charge in [0, 0.05) is 12.1 Å². The SMILES string of the molecule is C=Cc1nc(Nc2ccc(CCC(=C)F)cc2)[nH]c1/C=C\C. The predicted octanol–water partition coefficient (Wildman–Crippen LogP) is 5.25. The number of anilines is 2. The van der Waals surface area contributed by atoms with E-state index in [-0.39, 0.29) is 5.83 Å². The first kappa shape index (κ1) is 15.8. The maximum absolute atomic E-state index is 12.7. The number of H-pyrrole nitrogens is 1. The van der Waals surface area contributed by atoms with Crippen molar-refractivity contribution >= 4 is 23.8 Å². The van der Waals surface area contributed by atoms with Crippen molar-refractivity contribution in [1.82, 2.24) is 9.97 Å². The number of hydrogen-bond donors (Lipinski definition) is 2. The fourth-order valence-corrected chi connectivity index (χ4v) is 2.08. The van der Waals surface area contributed by atoms with Gasteiger partial charge < -0.3 is 10.3 Å². The van der Waals surface area contributed by atoms with Gasteiger partial charge in [-0.1, -0.05) is 31.4 Å². The van der Waals surface area contributed by atoms with Gasteiger partial charge in [-0.15, -0.1) is 0 Å². The van der Waals surface area contributed by atoms with Crippen LogP contribution in [-0.4, -0.2) is 9.97 Å². The highest BCUT2D eigenvalue weighted by Crippen LogP contribution is 2.19. The second-order valence-corrected chi connectivity index (χ2v) is 4.93. The van der Waals surface area contributed by atoms with Gasteiger partial charge in [0.1, 0.15) is 0 Å². The molecule has 3 nitrogen and oxygen atoms in total. The molecule has 0 bridgehead atoms. The molecule has 0 atom stereocenters. The molecule has 0 radical (unpaired) electrons. The number of nitrogens with zero attached hydrogens (tertiary/aromatic N) is 1. The number of halogens is 1. The maximum atomic E-state index is 12.7. The van der Waals surface area contributed by atoms with Crippen LogP contribution in [-0.2, 0) is 6.42 Å². The summed E-state index contributed by atoms with van der Waals surface area (Å²) in [7, 11) is 0. The highest BCUT2D eigenvalue weighted by atomic mass is 19.1. The first-order valence-corrected chi connectivity index (χ1v) is 7.16. The van der Waals surface area contributed by atoms with Gasteiger partial charge >= 0.3 is 0 Å². The molecule has 22 heavy (non-hydrogen) atoms. The third-order valence-electron chi connectivity index (χ3n) is 3.19. The van der Waals surface area contributed by atoms with Crippen molar-refractivity contribution in [2.24, 2.45) is 0 Å². The molecule has 1 aromatic heterocycles. The molecule has 114 valence electrons. The molecule has 0 amide bonds. The van der Waals surface area contributed by atoms with E-state index < -0.39 is 0 Å². The lowest BCUT2D eigenvalue weighted by atomic mass is 10.1. The molecule has 0 aliphatic carbocycles. The molecule has 0 fully saturated rings. The number of allylic oxidation sites excluding steroid dienone is 2. The van der Waals surface area contributed by atoms with Crippen molar-refractivity contribution in [3.05, 3.63) is 66.3 Å². The molecular formula is C18H20FN3. The van der Waals surface area contributed by atoms with Gasteiger partial charge in [0.25, 0.3) is 0 Å². The zero-order chi connectivity index (χ0) is 15.9. The van der Waals surface area contributed by atoms with E-state index >= 15 is 0 Å². The lowest BCUT2D eigenvalue weighted by Crippen LogP contribution is -1.93. The first-order valence-electron chi connectivity index (χ1n) is 7.16. The summed E-state index contributed by atoms with van der Waals surface area (Å²) in [5.41, 5.74) is 3.71. The first-order chi connectivity index (χ1) is 10.6. The quantitative estimate of drug-likeness (QED) is 0.733. The minimum Gasteiger partial charge on any atom is -0.326 e. The van der Waals surface area contributed by atoms with Crippen molar-refractivity contribution in [3.63, 3.8) is 0 Å². The van der Waals surface area contributed by atoms with Crippen molar-refractivity contribution in [2.75, 3.05) is 5.32 Å². The van der Waals surface area contributed by atoms with E-state index in [9.17, 15) is 4.39 Å². The standard InChI is InChI=1S/C18H20FN3/c1-4-6-17-16(5-2)21-18(22-17)20-15-11-9-14(10-12-15)8-7-13(3)19/h4-6,9-12H,2-3,7-8H2,1H3,(H2,20,21,22)/b6-4-. The average Bonchev–Trinajstić information content (AvgIpc) is 2.88. The number of imidazole rings is 1. The summed E-state index contributed by atoms with van der Waals surface area (Å²) in [4.78, 5) is 7.62. The minimum atomic E-state index is -0.286. The Balaban J connectivity index is 2.07. The van der Waals surface area contributed by atoms with Crippen molar-refractivity contribution in [1.29, 1.82) is 0 Å². The van der Waals surface area contributed by atoms with Crippen LogP contribution < -0.4 is 5.32 Å². The van der Waals surface area contributed by atoms with Crippen LogP contribution >= 0.6 is 0 Å². The summed E-state index contributed by atoms with van der Waals surface area (Å²) >= 11 is 0. The van der Waals surface area contributed by atoms with Gasteiger partial charge in [0.15, 0.2) is 0 Å². The van der Waals surface area contributed by atoms with Crippen LogP contribution in [0.3, 0.4) is 0 Å². The maximum Gasteiger partial charge on any atom is 0.205 e. The molecule has 0 spiro atoms. The highest BCUT2D eigenvalue weighted by Gasteiger charge is 2.05. The van der Waals surface area contributed by atoms with Crippen LogP contribution in [0.4, 0.5) is 16.0 Å². The fourth-order valence-electron chi connectivity index (χ4n) is 2.08. The lowest BCUT2D eigenvalue weighted by molar-refractivity contribution is 0.593. The molecule has 2 N–H and O–H groups in total. The van der Waals surface area contributed by atoms with Gasteiger partial charge in [0.2, 0.25) is 5.95 Å². The van der Waals surface area contributed by atoms with E-state index in [1.54, 1.807) is 6.08 Å². The molecule has 2 rings (SSSR count). The van der Waals surface area contributed by atoms with Gasteiger partial charge in [-0.3, -0.25) is 0 Å². The lowest BCUT2D eigenvalue weighted by Gasteiger charge is -2.04. The topological polar surface area (TPSA) is 40.7 Å². The van der Waals surface area contributed by atoms with Crippen molar-refractivity contribution in [2.45, 2.75) is 19.8 Å². The molecular weight excluding hydrogens is 277 g/mol. The zero-order valence-electron chi connectivity index (χ0n) is 12.7. The average molecular weight is 297 g/mol. The van der Waals surface area contributed by atoms with Crippen LogP contribution in [0.2, 0.25) is 0 Å². The number of nitrogens with one attached hydrogen (secondary N) is 2. The molecule has 4 heteroatoms. The van der Waals surface area contributed by atoms with E-state index in [2.05, 4.69) is 28.4 Å². The van der Waals surface area contributed by atoms with Crippen LogP contribution in [0.15, 0.2) is 49.3 Å². The van der Waals surface area contributed by atoms with Gasteiger partial charge in [-0.25, -0.2) is 9.37 Å². The summed E-state index contributed by atoms with van der Waals surface area (Å²) in [6, 6.07) is 7.83. The second-order valence-electron chi connectivity index (χ2n) is 4.93. The predicted molar refractivity (Wildman–Crippen MR) is 91.7 cm³/mol. The molecule has 2 aromatic rings. The van der Waals surface area contributed by atoms with E-state index in [0.717, 1.165) is 22.6 Å². The number of aryl methyl sites for hydroxylation is 1. The number of aromatic nitrogens is 2. The van der Waals surface area contributed by atoms with E-state index in [1.165, 1.54) is 0 Å². The molecule has 0 aliphatic heterocycles. The molecule has 0 saturated heterocycles. The van der Waals surface area contributed by atoms with Crippen LogP contribution in [0, 0.1) is 0 Å². The second kappa shape index (κ2) is 7.41. The highest BCUT2D eigenvalue weighted by molar-refractivity contribution is 5.63. The third kappa shape index (κ3) is 4.19. The largest absolute Gasteiger partial charge is 0.326 e. The van der Waals surface area contributed by atoms with Gasteiger partial charge in [-0.2, -0.15) is 0 Å². The van der Waals surface area contributed by atoms with Crippen LogP contribution in [0.1, 0.15) is 30.3 Å². The Hall–Kier alpha value is -2.62. The minimum absolute atomic E-state index is 0.286. The smallest absolute Gasteiger partial charge is 0.205 e. The van der Waals surface area contributed by atoms with Crippen LogP contribution in [0.5, 0.6) is 0 Å². The van der Waals surface area contributed by atoms with E-state index in [4.69, 9.17) is 0 Å². The number of benzene rings is 1. The Morgan fingerprint density at radius 3 is 2.68 bits per heavy atom. The molecule has 1 heterocycles. The number of rotatable bonds is 7. The molecule has 1 aromatic carbocycles. The molecule has 0 aliphatic rings. The fraction of sp³-hybridized carbons (Fsp3) is 0.167. The summed E-state index contributed by atoms with van der Waals surface area (Å²) in [5, 5.41) is 3.21. The van der Waals surface area contributed by atoms with Crippen molar-refractivity contribution < 1.29 is 4.39 Å². The Morgan fingerprint density at radius 1 is 1.36 bits per heavy atom. The normalized spacial score (nSPS) is 10.8. The third-order valence-corrected chi connectivity index (χ3v) is 3.19. The molecule has 0 saturated carbocycles. The molecule has 0 unspecified atom stereocenters. The monoisotopic (exact) mass is 297 g/mol. The Bertz CT molecular complexity index is 681. The van der Waals surface area contributed by atoms with Gasteiger partial charge in [-0.05, 0) is 43.2 Å².